The van der Waals surface area contributed by atoms with Gasteiger partial charge in [-0.2, -0.15) is 0 Å². The summed E-state index contributed by atoms with van der Waals surface area (Å²) < 4.78 is 0. The fourth-order valence-electron chi connectivity index (χ4n) is 1.14. The second kappa shape index (κ2) is 7.48. The van der Waals surface area contributed by atoms with Gasteiger partial charge in [0.15, 0.2) is 0 Å². The third-order valence-corrected chi connectivity index (χ3v) is 2.05. The van der Waals surface area contributed by atoms with Crippen molar-refractivity contribution in [2.45, 2.75) is 18.9 Å². The van der Waals surface area contributed by atoms with Gasteiger partial charge in [-0.1, -0.05) is 13.2 Å². The number of carbonyl (C=O) groups excluding carboxylic acids is 3. The van der Waals surface area contributed by atoms with Crippen LogP contribution in [0.4, 0.5) is 0 Å². The van der Waals surface area contributed by atoms with Crippen molar-refractivity contribution in [3.63, 3.8) is 0 Å². The molecule has 3 amide bonds. The minimum Gasteiger partial charge on any atom is -0.330 e. The van der Waals surface area contributed by atoms with Crippen molar-refractivity contribution in [3.8, 4) is 0 Å². The summed E-state index contributed by atoms with van der Waals surface area (Å²) in [6, 6.07) is -0.939. The molecular formula is C11H17N3O3. The second-order valence-corrected chi connectivity index (χ2v) is 3.30. The van der Waals surface area contributed by atoms with E-state index in [9.17, 15) is 14.4 Å². The highest BCUT2D eigenvalue weighted by atomic mass is 16.2. The molecule has 0 aromatic carbocycles. The van der Waals surface area contributed by atoms with E-state index in [-0.39, 0.29) is 0 Å². The molecule has 0 rings (SSSR count). The first-order valence-corrected chi connectivity index (χ1v) is 5.12. The number of rotatable bonds is 6. The lowest BCUT2D eigenvalue weighted by atomic mass is 10.1. The van der Waals surface area contributed by atoms with Crippen molar-refractivity contribution in [2.24, 2.45) is 11.5 Å². The molecule has 6 nitrogen and oxygen atoms in total. The molecule has 94 valence electrons. The van der Waals surface area contributed by atoms with Gasteiger partial charge in [0.2, 0.25) is 0 Å². The summed E-state index contributed by atoms with van der Waals surface area (Å²) in [6.07, 6.45) is 2.58. The molecule has 0 aliphatic rings. The molecule has 0 aromatic rings. The molecule has 17 heavy (non-hydrogen) atoms. The standard InChI is InChI=1S/C11H17N3O3/c1-3-9(15)14(10(16)4-2)11(17)8(13)6-5-7-12/h3-4,8H,1-2,5-7,12-13H2/t8-/m0/s1. The smallest absolute Gasteiger partial charge is 0.259 e. The number of hydrogen-bond donors (Lipinski definition) is 2. The first-order valence-electron chi connectivity index (χ1n) is 5.12. The van der Waals surface area contributed by atoms with Gasteiger partial charge >= 0.3 is 0 Å². The van der Waals surface area contributed by atoms with Gasteiger partial charge in [-0.15, -0.1) is 0 Å². The zero-order chi connectivity index (χ0) is 13.4. The van der Waals surface area contributed by atoms with Crippen LogP contribution >= 0.6 is 0 Å². The predicted molar refractivity (Wildman–Crippen MR) is 63.5 cm³/mol. The van der Waals surface area contributed by atoms with Crippen LogP contribution in [0.3, 0.4) is 0 Å². The van der Waals surface area contributed by atoms with Crippen LogP contribution in [0.1, 0.15) is 12.8 Å². The second-order valence-electron chi connectivity index (χ2n) is 3.30. The zero-order valence-electron chi connectivity index (χ0n) is 9.59. The van der Waals surface area contributed by atoms with Gasteiger partial charge in [0.1, 0.15) is 0 Å². The maximum atomic E-state index is 11.8. The first-order chi connectivity index (χ1) is 7.99. The molecule has 0 bridgehead atoms. The highest BCUT2D eigenvalue weighted by molar-refractivity contribution is 6.17. The van der Waals surface area contributed by atoms with Crippen molar-refractivity contribution in [1.29, 1.82) is 0 Å². The Bertz CT molecular complexity index is 319. The van der Waals surface area contributed by atoms with Crippen molar-refractivity contribution in [1.82, 2.24) is 4.90 Å². The SMILES string of the molecule is C=CC(=O)N(C(=O)C=C)C(=O)[C@@H](N)CCCN. The number of nitrogens with zero attached hydrogens (tertiary/aromatic N) is 1. The Balaban J connectivity index is 4.86. The molecule has 0 fully saturated rings. The normalized spacial score (nSPS) is 11.4. The van der Waals surface area contributed by atoms with Crippen LogP contribution in [-0.2, 0) is 14.4 Å². The van der Waals surface area contributed by atoms with Crippen molar-refractivity contribution in [3.05, 3.63) is 25.3 Å². The van der Waals surface area contributed by atoms with Crippen LogP contribution in [0, 0.1) is 0 Å². The third-order valence-electron chi connectivity index (χ3n) is 2.05. The molecule has 0 saturated carbocycles. The van der Waals surface area contributed by atoms with Crippen molar-refractivity contribution < 1.29 is 14.4 Å². The van der Waals surface area contributed by atoms with Gasteiger partial charge in [-0.3, -0.25) is 14.4 Å². The van der Waals surface area contributed by atoms with Crippen molar-refractivity contribution >= 4 is 17.7 Å². The number of nitrogens with two attached hydrogens (primary N) is 2. The summed E-state index contributed by atoms with van der Waals surface area (Å²) in [4.78, 5) is 34.9. The molecule has 0 aromatic heterocycles. The average Bonchev–Trinajstić information content (AvgIpc) is 2.35. The first kappa shape index (κ1) is 15.2. The molecule has 0 saturated heterocycles. The fraction of sp³-hybridized carbons (Fsp3) is 0.364. The Kier molecular flexibility index (Phi) is 6.69. The Hall–Kier alpha value is -1.79. The van der Waals surface area contributed by atoms with E-state index in [2.05, 4.69) is 13.2 Å². The maximum Gasteiger partial charge on any atom is 0.259 e. The molecule has 0 unspecified atom stereocenters. The summed E-state index contributed by atoms with van der Waals surface area (Å²) >= 11 is 0. The lowest BCUT2D eigenvalue weighted by Crippen LogP contribution is -2.48. The zero-order valence-corrected chi connectivity index (χ0v) is 9.59. The molecule has 6 heteroatoms. The van der Waals surface area contributed by atoms with E-state index in [1.807, 2.05) is 0 Å². The van der Waals surface area contributed by atoms with E-state index >= 15 is 0 Å². The van der Waals surface area contributed by atoms with Gasteiger partial charge in [0.25, 0.3) is 17.7 Å². The highest BCUT2D eigenvalue weighted by Gasteiger charge is 2.28. The van der Waals surface area contributed by atoms with Crippen LogP contribution in [0.15, 0.2) is 25.3 Å². The summed E-state index contributed by atoms with van der Waals surface area (Å²) in [5.41, 5.74) is 10.8. The molecule has 0 heterocycles. The van der Waals surface area contributed by atoms with Crippen molar-refractivity contribution in [2.75, 3.05) is 6.54 Å². The van der Waals surface area contributed by atoms with E-state index < -0.39 is 23.8 Å². The van der Waals surface area contributed by atoms with Gasteiger partial charge in [-0.25, -0.2) is 4.90 Å². The number of hydrogen-bond acceptors (Lipinski definition) is 5. The van der Waals surface area contributed by atoms with Gasteiger partial charge in [0.05, 0.1) is 6.04 Å². The summed E-state index contributed by atoms with van der Waals surface area (Å²) in [7, 11) is 0. The Morgan fingerprint density at radius 3 is 2.00 bits per heavy atom. The third kappa shape index (κ3) is 4.29. The minimum absolute atomic E-state index is 0.306. The van der Waals surface area contributed by atoms with Gasteiger partial charge in [0, 0.05) is 0 Å². The summed E-state index contributed by atoms with van der Waals surface area (Å²) in [5, 5.41) is 0. The number of amides is 3. The summed E-state index contributed by atoms with van der Waals surface area (Å²) in [5.74, 6) is -2.40. The van der Waals surface area contributed by atoms with Crippen LogP contribution in [-0.4, -0.2) is 35.2 Å². The largest absolute Gasteiger partial charge is 0.330 e. The molecule has 4 N–H and O–H groups in total. The monoisotopic (exact) mass is 239 g/mol. The highest BCUT2D eigenvalue weighted by Crippen LogP contribution is 2.02. The number of imide groups is 3. The lowest BCUT2D eigenvalue weighted by molar-refractivity contribution is -0.150. The molecule has 0 spiro atoms. The van der Waals surface area contributed by atoms with Gasteiger partial charge in [-0.05, 0) is 31.5 Å². The van der Waals surface area contributed by atoms with E-state index in [1.54, 1.807) is 0 Å². The van der Waals surface area contributed by atoms with E-state index in [0.29, 0.717) is 24.3 Å². The Labute approximate surface area is 99.9 Å². The van der Waals surface area contributed by atoms with Crippen LogP contribution in [0.25, 0.3) is 0 Å². The quantitative estimate of drug-likeness (QED) is 0.596. The van der Waals surface area contributed by atoms with E-state index in [4.69, 9.17) is 11.5 Å². The van der Waals surface area contributed by atoms with Crippen LogP contribution < -0.4 is 11.5 Å². The molecule has 0 aliphatic heterocycles. The van der Waals surface area contributed by atoms with E-state index in [0.717, 1.165) is 12.2 Å². The maximum absolute atomic E-state index is 11.8. The van der Waals surface area contributed by atoms with Crippen LogP contribution in [0.2, 0.25) is 0 Å². The van der Waals surface area contributed by atoms with Gasteiger partial charge < -0.3 is 11.5 Å². The summed E-state index contributed by atoms with van der Waals surface area (Å²) in [6.45, 7) is 6.80. The van der Waals surface area contributed by atoms with E-state index in [1.165, 1.54) is 0 Å². The molecule has 0 aliphatic carbocycles. The van der Waals surface area contributed by atoms with Crippen LogP contribution in [0.5, 0.6) is 0 Å². The topological polar surface area (TPSA) is 106 Å². The minimum atomic E-state index is -0.939. The molecule has 1 atom stereocenters. The Morgan fingerprint density at radius 1 is 1.18 bits per heavy atom. The predicted octanol–water partition coefficient (Wildman–Crippen LogP) is -0.694. The lowest BCUT2D eigenvalue weighted by Gasteiger charge is -2.19. The Morgan fingerprint density at radius 2 is 1.65 bits per heavy atom. The average molecular weight is 239 g/mol. The fourth-order valence-corrected chi connectivity index (χ4v) is 1.14. The molecule has 0 radical (unpaired) electrons. The molecular weight excluding hydrogens is 222 g/mol. The number of carbonyl (C=O) groups is 3.